The molecule has 7 nitrogen and oxygen atoms in total. The van der Waals surface area contributed by atoms with Crippen LogP contribution >= 0.6 is 0 Å². The highest BCUT2D eigenvalue weighted by atomic mass is 16.5. The van der Waals surface area contributed by atoms with Gasteiger partial charge in [-0.2, -0.15) is 5.26 Å². The summed E-state index contributed by atoms with van der Waals surface area (Å²) in [4.78, 5) is 10.7. The Kier molecular flexibility index (Phi) is 3.14. The molecule has 1 heterocycles. The summed E-state index contributed by atoms with van der Waals surface area (Å²) in [7, 11) is 1.43. The summed E-state index contributed by atoms with van der Waals surface area (Å²) in [6, 6.07) is 1.85. The maximum absolute atomic E-state index is 10.7. The minimum atomic E-state index is -1.18. The number of aromatic carboxylic acids is 1. The van der Waals surface area contributed by atoms with Gasteiger partial charge in [-0.25, -0.2) is 9.48 Å². The molecule has 0 unspecified atom stereocenters. The summed E-state index contributed by atoms with van der Waals surface area (Å²) in [5.74, 6) is -1.18. The molecule has 14 heavy (non-hydrogen) atoms. The topological polar surface area (TPSA) is 101 Å². The van der Waals surface area contributed by atoms with E-state index >= 15 is 0 Å². The maximum atomic E-state index is 10.7. The molecule has 0 bridgehead atoms. The van der Waals surface area contributed by atoms with Gasteiger partial charge in [0.05, 0.1) is 12.7 Å². The molecule has 0 saturated heterocycles. The van der Waals surface area contributed by atoms with Gasteiger partial charge in [-0.05, 0) is 0 Å². The van der Waals surface area contributed by atoms with Crippen LogP contribution in [0.4, 0.5) is 0 Å². The average Bonchev–Trinajstić information content (AvgIpc) is 2.50. The van der Waals surface area contributed by atoms with Crippen molar-refractivity contribution in [2.75, 3.05) is 7.11 Å². The fourth-order valence-electron chi connectivity index (χ4n) is 0.972. The number of ether oxygens (including phenoxy) is 1. The molecule has 0 fully saturated rings. The van der Waals surface area contributed by atoms with E-state index in [1.807, 2.05) is 6.07 Å². The second-order valence-electron chi connectivity index (χ2n) is 2.44. The summed E-state index contributed by atoms with van der Waals surface area (Å²) in [5.41, 5.74) is 0.114. The molecule has 0 radical (unpaired) electrons. The van der Waals surface area contributed by atoms with Crippen molar-refractivity contribution in [1.82, 2.24) is 15.0 Å². The van der Waals surface area contributed by atoms with Crippen LogP contribution in [-0.2, 0) is 17.9 Å². The molecule has 0 aromatic carbocycles. The number of carboxylic acids is 1. The predicted molar refractivity (Wildman–Crippen MR) is 43.3 cm³/mol. The van der Waals surface area contributed by atoms with Crippen molar-refractivity contribution in [1.29, 1.82) is 5.26 Å². The van der Waals surface area contributed by atoms with Gasteiger partial charge in [0.25, 0.3) is 0 Å². The number of hydrogen-bond acceptors (Lipinski definition) is 5. The smallest absolute Gasteiger partial charge is 0.358 e. The van der Waals surface area contributed by atoms with Gasteiger partial charge in [0, 0.05) is 7.11 Å². The van der Waals surface area contributed by atoms with Crippen molar-refractivity contribution in [2.45, 2.75) is 13.2 Å². The Morgan fingerprint density at radius 3 is 3.00 bits per heavy atom. The molecule has 0 aliphatic heterocycles. The zero-order chi connectivity index (χ0) is 10.6. The third-order valence-electron chi connectivity index (χ3n) is 1.54. The second-order valence-corrected chi connectivity index (χ2v) is 2.44. The van der Waals surface area contributed by atoms with Crippen LogP contribution in [-0.4, -0.2) is 33.2 Å². The molecule has 0 spiro atoms. The third-order valence-corrected chi connectivity index (χ3v) is 1.54. The lowest BCUT2D eigenvalue weighted by Crippen LogP contribution is -2.08. The van der Waals surface area contributed by atoms with E-state index in [4.69, 9.17) is 15.1 Å². The lowest BCUT2D eigenvalue weighted by atomic mass is 10.3. The number of carbonyl (C=O) groups is 1. The highest BCUT2D eigenvalue weighted by Gasteiger charge is 2.18. The summed E-state index contributed by atoms with van der Waals surface area (Å²) < 4.78 is 5.99. The number of hydrogen-bond donors (Lipinski definition) is 1. The Balaban J connectivity index is 3.07. The molecule has 0 atom stereocenters. The number of nitriles is 1. The Hall–Kier alpha value is -1.94. The lowest BCUT2D eigenvalue weighted by Gasteiger charge is -2.00. The van der Waals surface area contributed by atoms with Gasteiger partial charge >= 0.3 is 5.97 Å². The van der Waals surface area contributed by atoms with E-state index in [9.17, 15) is 4.79 Å². The van der Waals surface area contributed by atoms with Gasteiger partial charge in [-0.3, -0.25) is 0 Å². The van der Waals surface area contributed by atoms with E-state index in [0.717, 1.165) is 0 Å². The van der Waals surface area contributed by atoms with Crippen LogP contribution in [0.1, 0.15) is 16.2 Å². The third kappa shape index (κ3) is 1.86. The van der Waals surface area contributed by atoms with Gasteiger partial charge in [-0.15, -0.1) is 5.10 Å². The molecule has 1 N–H and O–H groups in total. The van der Waals surface area contributed by atoms with Crippen molar-refractivity contribution in [3.8, 4) is 6.07 Å². The molecule has 7 heteroatoms. The van der Waals surface area contributed by atoms with E-state index in [0.29, 0.717) is 5.69 Å². The molecule has 0 aliphatic carbocycles. The minimum Gasteiger partial charge on any atom is -0.476 e. The monoisotopic (exact) mass is 196 g/mol. The predicted octanol–water partition coefficient (Wildman–Crippen LogP) is -0.354. The minimum absolute atomic E-state index is 0.0427. The van der Waals surface area contributed by atoms with Gasteiger partial charge in [0.15, 0.2) is 5.69 Å². The Labute approximate surface area is 79.5 Å². The zero-order valence-corrected chi connectivity index (χ0v) is 7.47. The van der Waals surface area contributed by atoms with E-state index in [1.165, 1.54) is 11.8 Å². The summed E-state index contributed by atoms with van der Waals surface area (Å²) in [6.45, 7) is 0.0231. The van der Waals surface area contributed by atoms with Crippen molar-refractivity contribution < 1.29 is 14.6 Å². The first-order chi connectivity index (χ1) is 6.70. The SMILES string of the molecule is COCc1c(C(=O)O)nnn1CC#N. The maximum Gasteiger partial charge on any atom is 0.358 e. The van der Waals surface area contributed by atoms with E-state index in [2.05, 4.69) is 10.3 Å². The molecule has 1 aromatic heterocycles. The molecule has 0 amide bonds. The van der Waals surface area contributed by atoms with Gasteiger partial charge in [-0.1, -0.05) is 5.21 Å². The number of rotatable bonds is 4. The van der Waals surface area contributed by atoms with E-state index in [-0.39, 0.29) is 18.8 Å². The van der Waals surface area contributed by atoms with Gasteiger partial charge in [0.1, 0.15) is 12.2 Å². The molecular formula is C7H8N4O3. The van der Waals surface area contributed by atoms with Crippen LogP contribution in [0.2, 0.25) is 0 Å². The molecule has 74 valence electrons. The van der Waals surface area contributed by atoms with Crippen LogP contribution in [0.15, 0.2) is 0 Å². The molecule has 0 aliphatic rings. The molecular weight excluding hydrogens is 188 g/mol. The van der Waals surface area contributed by atoms with Crippen LogP contribution in [0, 0.1) is 11.3 Å². The Morgan fingerprint density at radius 2 is 2.50 bits per heavy atom. The number of carboxylic acid groups (broad SMARTS) is 1. The fourth-order valence-corrected chi connectivity index (χ4v) is 0.972. The second kappa shape index (κ2) is 4.34. The Bertz CT molecular complexity index is 379. The van der Waals surface area contributed by atoms with Crippen LogP contribution in [0.3, 0.4) is 0 Å². The van der Waals surface area contributed by atoms with Crippen LogP contribution in [0.25, 0.3) is 0 Å². The number of aromatic nitrogens is 3. The van der Waals surface area contributed by atoms with Crippen molar-refractivity contribution in [3.05, 3.63) is 11.4 Å². The Morgan fingerprint density at radius 1 is 1.79 bits per heavy atom. The summed E-state index contributed by atoms with van der Waals surface area (Å²) in [6.07, 6.45) is 0. The fraction of sp³-hybridized carbons (Fsp3) is 0.429. The quantitative estimate of drug-likeness (QED) is 0.706. The van der Waals surface area contributed by atoms with Crippen molar-refractivity contribution in [2.24, 2.45) is 0 Å². The highest BCUT2D eigenvalue weighted by molar-refractivity contribution is 5.86. The number of nitrogens with zero attached hydrogens (tertiary/aromatic N) is 4. The van der Waals surface area contributed by atoms with Crippen LogP contribution in [0.5, 0.6) is 0 Å². The number of methoxy groups -OCH3 is 1. The lowest BCUT2D eigenvalue weighted by molar-refractivity contribution is 0.0684. The van der Waals surface area contributed by atoms with Gasteiger partial charge in [0.2, 0.25) is 0 Å². The van der Waals surface area contributed by atoms with Crippen molar-refractivity contribution >= 4 is 5.97 Å². The molecule has 1 rings (SSSR count). The normalized spacial score (nSPS) is 9.71. The van der Waals surface area contributed by atoms with Gasteiger partial charge < -0.3 is 9.84 Å². The average molecular weight is 196 g/mol. The van der Waals surface area contributed by atoms with Crippen molar-refractivity contribution in [3.63, 3.8) is 0 Å². The first-order valence-electron chi connectivity index (χ1n) is 3.72. The van der Waals surface area contributed by atoms with E-state index in [1.54, 1.807) is 0 Å². The standard InChI is InChI=1S/C7H8N4O3/c1-14-4-5-6(7(12)13)9-10-11(5)3-2-8/h3-4H2,1H3,(H,12,13). The largest absolute Gasteiger partial charge is 0.476 e. The first-order valence-corrected chi connectivity index (χ1v) is 3.72. The van der Waals surface area contributed by atoms with Crippen LogP contribution < -0.4 is 0 Å². The van der Waals surface area contributed by atoms with E-state index < -0.39 is 5.97 Å². The highest BCUT2D eigenvalue weighted by Crippen LogP contribution is 2.06. The molecule has 1 aromatic rings. The summed E-state index contributed by atoms with van der Waals surface area (Å²) in [5, 5.41) is 24.1. The first kappa shape index (κ1) is 10.1. The molecule has 0 saturated carbocycles. The zero-order valence-electron chi connectivity index (χ0n) is 7.47. The summed E-state index contributed by atoms with van der Waals surface area (Å²) >= 11 is 0.